The first-order valence-corrected chi connectivity index (χ1v) is 9.12. The van der Waals surface area contributed by atoms with Crippen LogP contribution in [0.25, 0.3) is 42.1 Å². The van der Waals surface area contributed by atoms with Gasteiger partial charge in [-0.3, -0.25) is 10.1 Å². The fraction of sp³-hybridized carbons (Fsp3) is 0. The number of hydrogen-bond donors (Lipinski definition) is 0. The zero-order valence-corrected chi connectivity index (χ0v) is 14.5. The number of nitro groups is 1. The van der Waals surface area contributed by atoms with Crippen LogP contribution in [-0.2, 0) is 0 Å². The van der Waals surface area contributed by atoms with E-state index < -0.39 is 0 Å². The SMILES string of the molecule is O=[N+]([O-])c1ccccc1-c1ccc2c(c1)sc1ccc3ccccc3c12. The van der Waals surface area contributed by atoms with Crippen molar-refractivity contribution >= 4 is 48.0 Å². The van der Waals surface area contributed by atoms with E-state index in [2.05, 4.69) is 48.5 Å². The highest BCUT2D eigenvalue weighted by Crippen LogP contribution is 2.41. The lowest BCUT2D eigenvalue weighted by molar-refractivity contribution is -0.384. The summed E-state index contributed by atoms with van der Waals surface area (Å²) in [7, 11) is 0. The maximum Gasteiger partial charge on any atom is 0.277 e. The van der Waals surface area contributed by atoms with Crippen molar-refractivity contribution in [3.05, 3.63) is 89.0 Å². The Morgan fingerprint density at radius 3 is 2.46 bits per heavy atom. The Morgan fingerprint density at radius 1 is 0.769 bits per heavy atom. The molecule has 4 heteroatoms. The molecule has 0 aliphatic heterocycles. The molecule has 0 amide bonds. The highest BCUT2D eigenvalue weighted by atomic mass is 32.1. The molecule has 0 unspecified atom stereocenters. The van der Waals surface area contributed by atoms with Crippen LogP contribution in [0, 0.1) is 10.1 Å². The van der Waals surface area contributed by atoms with Gasteiger partial charge in [0.25, 0.3) is 5.69 Å². The van der Waals surface area contributed by atoms with Crippen molar-refractivity contribution in [2.24, 2.45) is 0 Å². The second-order valence-corrected chi connectivity index (χ2v) is 7.33. The van der Waals surface area contributed by atoms with Gasteiger partial charge in [0.1, 0.15) is 0 Å². The molecule has 1 aromatic heterocycles. The summed E-state index contributed by atoms with van der Waals surface area (Å²) in [6, 6.07) is 25.7. The van der Waals surface area contributed by atoms with Crippen molar-refractivity contribution in [2.45, 2.75) is 0 Å². The van der Waals surface area contributed by atoms with Crippen molar-refractivity contribution in [3.8, 4) is 11.1 Å². The van der Waals surface area contributed by atoms with Crippen LogP contribution in [0.5, 0.6) is 0 Å². The molecule has 26 heavy (non-hydrogen) atoms. The van der Waals surface area contributed by atoms with Crippen LogP contribution < -0.4 is 0 Å². The van der Waals surface area contributed by atoms with Gasteiger partial charge in [-0.15, -0.1) is 11.3 Å². The van der Waals surface area contributed by atoms with Crippen LogP contribution in [0.4, 0.5) is 5.69 Å². The van der Waals surface area contributed by atoms with E-state index in [0.717, 1.165) is 10.3 Å². The molecular formula is C22H13NO2S. The molecule has 0 spiro atoms. The fourth-order valence-electron chi connectivity index (χ4n) is 3.59. The number of rotatable bonds is 2. The van der Waals surface area contributed by atoms with Crippen LogP contribution in [0.3, 0.4) is 0 Å². The second-order valence-electron chi connectivity index (χ2n) is 6.25. The molecule has 5 aromatic rings. The minimum absolute atomic E-state index is 0.137. The number of benzene rings is 4. The zero-order valence-electron chi connectivity index (χ0n) is 13.7. The highest BCUT2D eigenvalue weighted by Gasteiger charge is 2.16. The molecule has 4 aromatic carbocycles. The van der Waals surface area contributed by atoms with E-state index in [1.54, 1.807) is 23.5 Å². The summed E-state index contributed by atoms with van der Waals surface area (Å²) >= 11 is 1.73. The molecule has 0 atom stereocenters. The van der Waals surface area contributed by atoms with Gasteiger partial charge in [0.2, 0.25) is 0 Å². The van der Waals surface area contributed by atoms with Crippen LogP contribution in [0.1, 0.15) is 0 Å². The lowest BCUT2D eigenvalue weighted by Crippen LogP contribution is -1.91. The van der Waals surface area contributed by atoms with E-state index in [4.69, 9.17) is 0 Å². The molecule has 0 N–H and O–H groups in total. The second kappa shape index (κ2) is 5.64. The Bertz CT molecular complexity index is 1320. The molecule has 1 heterocycles. The van der Waals surface area contributed by atoms with E-state index in [0.29, 0.717) is 5.56 Å². The molecule has 0 radical (unpaired) electrons. The van der Waals surface area contributed by atoms with Crippen LogP contribution >= 0.6 is 11.3 Å². The van der Waals surface area contributed by atoms with Crippen molar-refractivity contribution in [3.63, 3.8) is 0 Å². The number of fused-ring (bicyclic) bond motifs is 5. The number of nitro benzene ring substituents is 1. The summed E-state index contributed by atoms with van der Waals surface area (Å²) in [5, 5.41) is 16.3. The number of nitrogens with zero attached hydrogens (tertiary/aromatic N) is 1. The molecule has 0 saturated heterocycles. The summed E-state index contributed by atoms with van der Waals surface area (Å²) in [4.78, 5) is 11.0. The zero-order chi connectivity index (χ0) is 17.7. The summed E-state index contributed by atoms with van der Waals surface area (Å²) in [6.07, 6.45) is 0. The fourth-order valence-corrected chi connectivity index (χ4v) is 4.75. The predicted molar refractivity (Wildman–Crippen MR) is 109 cm³/mol. The Labute approximate surface area is 153 Å². The predicted octanol–water partition coefficient (Wildman–Crippen LogP) is 6.78. The first kappa shape index (κ1) is 15.0. The van der Waals surface area contributed by atoms with Gasteiger partial charge < -0.3 is 0 Å². The molecule has 0 fully saturated rings. The third kappa shape index (κ3) is 2.20. The third-order valence-electron chi connectivity index (χ3n) is 4.77. The Kier molecular flexibility index (Phi) is 3.27. The van der Waals surface area contributed by atoms with Crippen molar-refractivity contribution in [1.29, 1.82) is 0 Å². The summed E-state index contributed by atoms with van der Waals surface area (Å²) < 4.78 is 2.38. The molecule has 124 valence electrons. The Balaban J connectivity index is 1.81. The molecule has 0 aliphatic carbocycles. The maximum atomic E-state index is 11.4. The Morgan fingerprint density at radius 2 is 1.58 bits per heavy atom. The van der Waals surface area contributed by atoms with E-state index >= 15 is 0 Å². The standard InChI is InChI=1S/C22H13NO2S/c24-23(25)19-8-4-3-6-16(19)15-9-11-18-21(13-15)26-20-12-10-14-5-1-2-7-17(14)22(18)20/h1-13H. The van der Waals surface area contributed by atoms with Gasteiger partial charge in [0.15, 0.2) is 0 Å². The van der Waals surface area contributed by atoms with Gasteiger partial charge in [-0.25, -0.2) is 0 Å². The van der Waals surface area contributed by atoms with E-state index in [1.807, 2.05) is 18.2 Å². The van der Waals surface area contributed by atoms with E-state index in [1.165, 1.54) is 26.2 Å². The van der Waals surface area contributed by atoms with Crippen molar-refractivity contribution in [2.75, 3.05) is 0 Å². The average Bonchev–Trinajstić information content (AvgIpc) is 3.06. The topological polar surface area (TPSA) is 43.1 Å². The average molecular weight is 355 g/mol. The first-order chi connectivity index (χ1) is 12.7. The molecular weight excluding hydrogens is 342 g/mol. The number of para-hydroxylation sites is 1. The molecule has 0 aliphatic rings. The normalized spacial score (nSPS) is 11.4. The number of thiophene rings is 1. The molecule has 0 bridgehead atoms. The van der Waals surface area contributed by atoms with Gasteiger partial charge >= 0.3 is 0 Å². The van der Waals surface area contributed by atoms with Gasteiger partial charge in [-0.2, -0.15) is 0 Å². The monoisotopic (exact) mass is 355 g/mol. The highest BCUT2D eigenvalue weighted by molar-refractivity contribution is 7.26. The smallest absolute Gasteiger partial charge is 0.258 e. The van der Waals surface area contributed by atoms with E-state index in [9.17, 15) is 10.1 Å². The van der Waals surface area contributed by atoms with Crippen LogP contribution in [-0.4, -0.2) is 4.92 Å². The van der Waals surface area contributed by atoms with Gasteiger partial charge in [0, 0.05) is 26.2 Å². The molecule has 5 rings (SSSR count). The van der Waals surface area contributed by atoms with E-state index in [-0.39, 0.29) is 10.6 Å². The third-order valence-corrected chi connectivity index (χ3v) is 5.89. The lowest BCUT2D eigenvalue weighted by atomic mass is 10.00. The van der Waals surface area contributed by atoms with Gasteiger partial charge in [-0.05, 0) is 34.5 Å². The molecule has 0 saturated carbocycles. The number of hydrogen-bond acceptors (Lipinski definition) is 3. The largest absolute Gasteiger partial charge is 0.277 e. The maximum absolute atomic E-state index is 11.4. The summed E-state index contributed by atoms with van der Waals surface area (Å²) in [5.74, 6) is 0. The van der Waals surface area contributed by atoms with Crippen LogP contribution in [0.2, 0.25) is 0 Å². The van der Waals surface area contributed by atoms with Gasteiger partial charge in [-0.1, -0.05) is 54.6 Å². The van der Waals surface area contributed by atoms with Crippen molar-refractivity contribution < 1.29 is 4.92 Å². The van der Waals surface area contributed by atoms with Gasteiger partial charge in [0.05, 0.1) is 10.5 Å². The van der Waals surface area contributed by atoms with Crippen molar-refractivity contribution in [1.82, 2.24) is 0 Å². The lowest BCUT2D eigenvalue weighted by Gasteiger charge is -2.04. The minimum atomic E-state index is -0.321. The minimum Gasteiger partial charge on any atom is -0.258 e. The Hall–Kier alpha value is -3.24. The first-order valence-electron chi connectivity index (χ1n) is 8.30. The summed E-state index contributed by atoms with van der Waals surface area (Å²) in [5.41, 5.74) is 1.67. The summed E-state index contributed by atoms with van der Waals surface area (Å²) in [6.45, 7) is 0. The van der Waals surface area contributed by atoms with Crippen LogP contribution in [0.15, 0.2) is 78.9 Å². The quantitative estimate of drug-likeness (QED) is 0.259. The molecule has 3 nitrogen and oxygen atoms in total.